The monoisotopic (exact) mass is 328 g/mol. The molecule has 0 spiro atoms. The van der Waals surface area contributed by atoms with Crippen LogP contribution >= 0.6 is 0 Å². The molecule has 124 valence electrons. The molecule has 1 atom stereocenters. The van der Waals surface area contributed by atoms with Gasteiger partial charge in [-0.05, 0) is 53.6 Å². The number of anilines is 2. The van der Waals surface area contributed by atoms with Gasteiger partial charge < -0.3 is 15.4 Å². The first-order valence-corrected chi connectivity index (χ1v) is 8.37. The number of para-hydroxylation sites is 2. The van der Waals surface area contributed by atoms with Crippen LogP contribution in [-0.2, 0) is 0 Å². The van der Waals surface area contributed by atoms with Gasteiger partial charge in [-0.3, -0.25) is 0 Å². The van der Waals surface area contributed by atoms with Crippen molar-refractivity contribution in [1.82, 2.24) is 0 Å². The van der Waals surface area contributed by atoms with Crippen LogP contribution in [0.25, 0.3) is 5.70 Å². The van der Waals surface area contributed by atoms with Gasteiger partial charge in [0.05, 0.1) is 24.5 Å². The Morgan fingerprint density at radius 3 is 2.16 bits per heavy atom. The van der Waals surface area contributed by atoms with Crippen LogP contribution in [0.15, 0.2) is 84.9 Å². The Kier molecular flexibility index (Phi) is 4.13. The Labute approximate surface area is 148 Å². The van der Waals surface area contributed by atoms with Crippen molar-refractivity contribution < 1.29 is 4.74 Å². The molecule has 0 saturated heterocycles. The minimum absolute atomic E-state index is 0.0921. The fourth-order valence-corrected chi connectivity index (χ4v) is 3.06. The lowest BCUT2D eigenvalue weighted by Gasteiger charge is -2.16. The highest BCUT2D eigenvalue weighted by molar-refractivity contribution is 5.85. The van der Waals surface area contributed by atoms with Crippen molar-refractivity contribution in [1.29, 1.82) is 0 Å². The Hall–Kier alpha value is -3.20. The molecule has 0 fully saturated rings. The van der Waals surface area contributed by atoms with Gasteiger partial charge in [-0.25, -0.2) is 0 Å². The van der Waals surface area contributed by atoms with Gasteiger partial charge in [0.15, 0.2) is 0 Å². The predicted molar refractivity (Wildman–Crippen MR) is 104 cm³/mol. The van der Waals surface area contributed by atoms with E-state index >= 15 is 0 Å². The molecule has 0 amide bonds. The lowest BCUT2D eigenvalue weighted by molar-refractivity contribution is 0.415. The number of hydrogen-bond acceptors (Lipinski definition) is 3. The normalized spacial score (nSPS) is 15.9. The van der Waals surface area contributed by atoms with Crippen LogP contribution in [0.2, 0.25) is 0 Å². The summed E-state index contributed by atoms with van der Waals surface area (Å²) in [5.74, 6) is 0.858. The molecule has 1 heterocycles. The molecular weight excluding hydrogens is 308 g/mol. The van der Waals surface area contributed by atoms with Crippen LogP contribution in [0, 0.1) is 0 Å². The summed E-state index contributed by atoms with van der Waals surface area (Å²) in [7, 11) is 1.68. The van der Waals surface area contributed by atoms with E-state index < -0.39 is 0 Å². The number of ether oxygens (including phenoxy) is 1. The molecule has 0 bridgehead atoms. The molecule has 25 heavy (non-hydrogen) atoms. The van der Waals surface area contributed by atoms with Gasteiger partial charge in [-0.15, -0.1) is 0 Å². The molecular formula is C22H20N2O. The highest BCUT2D eigenvalue weighted by atomic mass is 16.5. The quantitative estimate of drug-likeness (QED) is 0.683. The maximum absolute atomic E-state index is 5.28. The van der Waals surface area contributed by atoms with E-state index in [1.807, 2.05) is 30.3 Å². The lowest BCUT2D eigenvalue weighted by atomic mass is 10.0. The average molecular weight is 328 g/mol. The molecule has 4 rings (SSSR count). The number of rotatable bonds is 3. The number of methoxy groups -OCH3 is 1. The molecule has 3 nitrogen and oxygen atoms in total. The summed E-state index contributed by atoms with van der Waals surface area (Å²) in [6, 6.07) is 27.0. The highest BCUT2D eigenvalue weighted by Crippen LogP contribution is 2.35. The van der Waals surface area contributed by atoms with Gasteiger partial charge in [0.1, 0.15) is 5.75 Å². The summed E-state index contributed by atoms with van der Waals surface area (Å²) in [4.78, 5) is 0. The molecule has 3 heteroatoms. The molecule has 1 aliphatic rings. The highest BCUT2D eigenvalue weighted by Gasteiger charge is 2.17. The minimum atomic E-state index is 0.0921. The zero-order chi connectivity index (χ0) is 17.1. The molecule has 1 aliphatic heterocycles. The summed E-state index contributed by atoms with van der Waals surface area (Å²) in [6.07, 6.45) is 2.23. The van der Waals surface area contributed by atoms with Crippen molar-refractivity contribution in [2.24, 2.45) is 0 Å². The second kappa shape index (κ2) is 6.73. The zero-order valence-electron chi connectivity index (χ0n) is 14.1. The average Bonchev–Trinajstić information content (AvgIpc) is 2.88. The Balaban J connectivity index is 1.78. The topological polar surface area (TPSA) is 33.3 Å². The third-order valence-corrected chi connectivity index (χ3v) is 4.40. The Morgan fingerprint density at radius 2 is 1.44 bits per heavy atom. The SMILES string of the molecule is COc1ccc(C2=CC(c3ccccc3)Nc3ccccc3N2)cc1. The number of benzene rings is 3. The first kappa shape index (κ1) is 15.3. The molecule has 0 aliphatic carbocycles. The third-order valence-electron chi connectivity index (χ3n) is 4.40. The van der Waals surface area contributed by atoms with E-state index in [1.165, 1.54) is 5.56 Å². The molecule has 3 aromatic carbocycles. The third kappa shape index (κ3) is 3.22. The van der Waals surface area contributed by atoms with Crippen LogP contribution in [0.5, 0.6) is 5.75 Å². The Bertz CT molecular complexity index is 885. The number of hydrogen-bond donors (Lipinski definition) is 2. The van der Waals surface area contributed by atoms with E-state index in [-0.39, 0.29) is 6.04 Å². The molecule has 2 N–H and O–H groups in total. The smallest absolute Gasteiger partial charge is 0.118 e. The van der Waals surface area contributed by atoms with Crippen LogP contribution in [0.1, 0.15) is 17.2 Å². The first-order valence-electron chi connectivity index (χ1n) is 8.37. The largest absolute Gasteiger partial charge is 0.497 e. The maximum atomic E-state index is 5.28. The van der Waals surface area contributed by atoms with E-state index in [4.69, 9.17) is 4.74 Å². The van der Waals surface area contributed by atoms with Gasteiger partial charge in [-0.1, -0.05) is 42.5 Å². The van der Waals surface area contributed by atoms with E-state index in [0.29, 0.717) is 0 Å². The van der Waals surface area contributed by atoms with Gasteiger partial charge in [0.25, 0.3) is 0 Å². The Morgan fingerprint density at radius 1 is 0.760 bits per heavy atom. The van der Waals surface area contributed by atoms with E-state index in [0.717, 1.165) is 28.4 Å². The summed E-state index contributed by atoms with van der Waals surface area (Å²) >= 11 is 0. The summed E-state index contributed by atoms with van der Waals surface area (Å²) in [5, 5.41) is 7.21. The van der Waals surface area contributed by atoms with Crippen molar-refractivity contribution in [3.05, 3.63) is 96.1 Å². The van der Waals surface area contributed by atoms with Crippen LogP contribution in [-0.4, -0.2) is 7.11 Å². The van der Waals surface area contributed by atoms with E-state index in [2.05, 4.69) is 65.2 Å². The van der Waals surface area contributed by atoms with Crippen molar-refractivity contribution in [2.45, 2.75) is 6.04 Å². The van der Waals surface area contributed by atoms with Crippen LogP contribution < -0.4 is 15.4 Å². The summed E-state index contributed by atoms with van der Waals surface area (Å²) in [6.45, 7) is 0. The lowest BCUT2D eigenvalue weighted by Crippen LogP contribution is -2.07. The molecule has 3 aromatic rings. The molecule has 1 unspecified atom stereocenters. The van der Waals surface area contributed by atoms with Gasteiger partial charge in [-0.2, -0.15) is 0 Å². The first-order chi connectivity index (χ1) is 12.3. The standard InChI is InChI=1S/C22H20N2O/c1-25-18-13-11-17(12-14-18)22-15-21(16-7-3-2-4-8-16)23-19-9-5-6-10-20(19)24-22/h2-15,21,23-24H,1H3. The number of fused-ring (bicyclic) bond motifs is 1. The minimum Gasteiger partial charge on any atom is -0.497 e. The molecule has 0 aromatic heterocycles. The fraction of sp³-hybridized carbons (Fsp3) is 0.0909. The predicted octanol–water partition coefficient (Wildman–Crippen LogP) is 5.32. The maximum Gasteiger partial charge on any atom is 0.118 e. The van der Waals surface area contributed by atoms with Crippen molar-refractivity contribution in [3.63, 3.8) is 0 Å². The second-order valence-corrected chi connectivity index (χ2v) is 6.01. The van der Waals surface area contributed by atoms with Crippen LogP contribution in [0.4, 0.5) is 11.4 Å². The van der Waals surface area contributed by atoms with Crippen molar-refractivity contribution in [3.8, 4) is 5.75 Å². The second-order valence-electron chi connectivity index (χ2n) is 6.01. The summed E-state index contributed by atoms with van der Waals surface area (Å²) in [5.41, 5.74) is 5.60. The van der Waals surface area contributed by atoms with Gasteiger partial charge in [0.2, 0.25) is 0 Å². The fourth-order valence-electron chi connectivity index (χ4n) is 3.06. The molecule has 0 radical (unpaired) electrons. The molecule has 0 saturated carbocycles. The van der Waals surface area contributed by atoms with E-state index in [1.54, 1.807) is 7.11 Å². The zero-order valence-corrected chi connectivity index (χ0v) is 14.1. The van der Waals surface area contributed by atoms with Gasteiger partial charge >= 0.3 is 0 Å². The van der Waals surface area contributed by atoms with Crippen molar-refractivity contribution >= 4 is 17.1 Å². The van der Waals surface area contributed by atoms with Crippen LogP contribution in [0.3, 0.4) is 0 Å². The summed E-state index contributed by atoms with van der Waals surface area (Å²) < 4.78 is 5.28. The van der Waals surface area contributed by atoms with E-state index in [9.17, 15) is 0 Å². The van der Waals surface area contributed by atoms with Gasteiger partial charge in [0, 0.05) is 5.70 Å². The van der Waals surface area contributed by atoms with Crippen molar-refractivity contribution in [2.75, 3.05) is 17.7 Å². The number of nitrogens with one attached hydrogen (secondary N) is 2.